The first-order valence-electron chi connectivity index (χ1n) is 7.65. The fourth-order valence-electron chi connectivity index (χ4n) is 1.68. The smallest absolute Gasteiger partial charge is 0.350 e. The molecule has 0 aliphatic heterocycles. The number of ether oxygens (including phenoxy) is 2. The van der Waals surface area contributed by atoms with Crippen LogP contribution in [-0.2, 0) is 14.3 Å². The molecule has 1 aromatic carbocycles. The summed E-state index contributed by atoms with van der Waals surface area (Å²) in [5.74, 6) is -1.39. The summed E-state index contributed by atoms with van der Waals surface area (Å²) < 4.78 is 9.94. The summed E-state index contributed by atoms with van der Waals surface area (Å²) in [6.45, 7) is 4.16. The van der Waals surface area contributed by atoms with E-state index >= 15 is 0 Å². The van der Waals surface area contributed by atoms with Crippen LogP contribution in [0.3, 0.4) is 0 Å². The second-order valence-electron chi connectivity index (χ2n) is 4.87. The molecule has 8 heteroatoms. The van der Waals surface area contributed by atoms with Crippen LogP contribution >= 0.6 is 23.2 Å². The lowest BCUT2D eigenvalue weighted by Crippen LogP contribution is -2.10. The summed E-state index contributed by atoms with van der Waals surface area (Å²) >= 11 is 12.2. The van der Waals surface area contributed by atoms with Crippen LogP contribution in [0.4, 0.5) is 5.69 Å². The standard InChI is InChI=1S/C17H18Cl2N2O4/c1-3-7-24-16(22)11(9-20)10-21-13-6-5-12(18)14(15(13)19)17(23)25-8-4-2/h5-6,10,21H,3-4,7-8H2,1-2H3. The van der Waals surface area contributed by atoms with Crippen LogP contribution in [0.2, 0.25) is 10.0 Å². The number of benzene rings is 1. The average molecular weight is 385 g/mol. The van der Waals surface area contributed by atoms with E-state index in [-0.39, 0.29) is 34.4 Å². The zero-order chi connectivity index (χ0) is 18.8. The van der Waals surface area contributed by atoms with Gasteiger partial charge in [-0.1, -0.05) is 37.0 Å². The lowest BCUT2D eigenvalue weighted by Gasteiger charge is -2.11. The van der Waals surface area contributed by atoms with Gasteiger partial charge < -0.3 is 14.8 Å². The van der Waals surface area contributed by atoms with E-state index in [4.69, 9.17) is 37.9 Å². The van der Waals surface area contributed by atoms with Crippen molar-refractivity contribution in [3.05, 3.63) is 39.5 Å². The number of hydrogen-bond donors (Lipinski definition) is 1. The number of hydrogen-bond acceptors (Lipinski definition) is 6. The van der Waals surface area contributed by atoms with Crippen molar-refractivity contribution in [3.63, 3.8) is 0 Å². The molecule has 0 atom stereocenters. The number of rotatable bonds is 8. The van der Waals surface area contributed by atoms with Gasteiger partial charge in [0.25, 0.3) is 0 Å². The lowest BCUT2D eigenvalue weighted by atomic mass is 10.2. The van der Waals surface area contributed by atoms with Gasteiger partial charge in [0.2, 0.25) is 0 Å². The molecular formula is C17H18Cl2N2O4. The molecule has 1 N–H and O–H groups in total. The van der Waals surface area contributed by atoms with Gasteiger partial charge in [0.15, 0.2) is 5.57 Å². The third-order valence-corrected chi connectivity index (χ3v) is 3.59. The molecule has 0 fully saturated rings. The Kier molecular flexibility index (Phi) is 8.82. The van der Waals surface area contributed by atoms with Gasteiger partial charge >= 0.3 is 11.9 Å². The number of nitriles is 1. The fraction of sp³-hybridized carbons (Fsp3) is 0.353. The van der Waals surface area contributed by atoms with Crippen LogP contribution in [0.1, 0.15) is 37.0 Å². The van der Waals surface area contributed by atoms with Crippen molar-refractivity contribution in [2.45, 2.75) is 26.7 Å². The molecule has 1 aromatic rings. The molecule has 0 heterocycles. The predicted molar refractivity (Wildman–Crippen MR) is 95.6 cm³/mol. The van der Waals surface area contributed by atoms with E-state index in [1.807, 2.05) is 13.8 Å². The fourth-order valence-corrected chi connectivity index (χ4v) is 2.26. The van der Waals surface area contributed by atoms with E-state index in [9.17, 15) is 9.59 Å². The largest absolute Gasteiger partial charge is 0.462 e. The molecule has 0 aromatic heterocycles. The Morgan fingerprint density at radius 2 is 1.84 bits per heavy atom. The van der Waals surface area contributed by atoms with E-state index in [1.165, 1.54) is 12.1 Å². The van der Waals surface area contributed by atoms with Crippen molar-refractivity contribution in [1.29, 1.82) is 5.26 Å². The molecule has 1 rings (SSSR count). The maximum atomic E-state index is 12.1. The third-order valence-electron chi connectivity index (χ3n) is 2.88. The van der Waals surface area contributed by atoms with Gasteiger partial charge in [-0.3, -0.25) is 0 Å². The summed E-state index contributed by atoms with van der Waals surface area (Å²) in [6, 6.07) is 4.72. The average Bonchev–Trinajstić information content (AvgIpc) is 2.60. The summed E-state index contributed by atoms with van der Waals surface area (Å²) in [7, 11) is 0. The molecule has 6 nitrogen and oxygen atoms in total. The second kappa shape index (κ2) is 10.6. The Morgan fingerprint density at radius 3 is 2.44 bits per heavy atom. The summed E-state index contributed by atoms with van der Waals surface area (Å²) in [5, 5.41) is 11.9. The van der Waals surface area contributed by atoms with Gasteiger partial charge in [-0.15, -0.1) is 0 Å². The Bertz CT molecular complexity index is 711. The highest BCUT2D eigenvalue weighted by Crippen LogP contribution is 2.32. The van der Waals surface area contributed by atoms with E-state index in [0.717, 1.165) is 6.20 Å². The second-order valence-corrected chi connectivity index (χ2v) is 5.66. The van der Waals surface area contributed by atoms with Crippen LogP contribution in [0.5, 0.6) is 0 Å². The topological polar surface area (TPSA) is 88.4 Å². The van der Waals surface area contributed by atoms with Gasteiger partial charge in [0.1, 0.15) is 6.07 Å². The highest BCUT2D eigenvalue weighted by molar-refractivity contribution is 6.41. The molecule has 0 aliphatic rings. The Balaban J connectivity index is 3.03. The third kappa shape index (κ3) is 5.96. The normalized spacial score (nSPS) is 10.8. The molecule has 0 radical (unpaired) electrons. The quantitative estimate of drug-likeness (QED) is 0.407. The molecule has 25 heavy (non-hydrogen) atoms. The van der Waals surface area contributed by atoms with Crippen molar-refractivity contribution in [3.8, 4) is 6.07 Å². The number of nitrogens with zero attached hydrogens (tertiary/aromatic N) is 1. The SMILES string of the molecule is CCCOC(=O)C(C#N)=CNc1ccc(Cl)c(C(=O)OCCC)c1Cl. The minimum absolute atomic E-state index is 0.0160. The molecule has 0 aliphatic carbocycles. The number of carbonyl (C=O) groups excluding carboxylic acids is 2. The highest BCUT2D eigenvalue weighted by atomic mass is 35.5. The minimum atomic E-state index is -0.746. The molecule has 134 valence electrons. The number of carbonyl (C=O) groups is 2. The predicted octanol–water partition coefficient (Wildman–Crippen LogP) is 4.33. The van der Waals surface area contributed by atoms with Gasteiger partial charge in [-0.2, -0.15) is 5.26 Å². The van der Waals surface area contributed by atoms with Gasteiger partial charge in [-0.25, -0.2) is 9.59 Å². The van der Waals surface area contributed by atoms with Gasteiger partial charge in [-0.05, 0) is 25.0 Å². The zero-order valence-corrected chi connectivity index (χ0v) is 15.4. The number of halogens is 2. The summed E-state index contributed by atoms with van der Waals surface area (Å²) in [4.78, 5) is 23.8. The van der Waals surface area contributed by atoms with Gasteiger partial charge in [0, 0.05) is 6.20 Å². The Labute approximate surface area is 156 Å². The number of nitrogens with one attached hydrogen (secondary N) is 1. The molecular weight excluding hydrogens is 367 g/mol. The van der Waals surface area contributed by atoms with E-state index in [1.54, 1.807) is 6.07 Å². The van der Waals surface area contributed by atoms with Crippen molar-refractivity contribution >= 4 is 40.8 Å². The first kappa shape index (κ1) is 20.8. The van der Waals surface area contributed by atoms with Crippen LogP contribution in [-0.4, -0.2) is 25.2 Å². The minimum Gasteiger partial charge on any atom is -0.462 e. The van der Waals surface area contributed by atoms with Crippen LogP contribution in [0.25, 0.3) is 0 Å². The molecule has 0 saturated carbocycles. The van der Waals surface area contributed by atoms with Crippen molar-refractivity contribution in [1.82, 2.24) is 0 Å². The zero-order valence-electron chi connectivity index (χ0n) is 13.9. The van der Waals surface area contributed by atoms with Crippen molar-refractivity contribution < 1.29 is 19.1 Å². The Morgan fingerprint density at radius 1 is 1.20 bits per heavy atom. The lowest BCUT2D eigenvalue weighted by molar-refractivity contribution is -0.138. The monoisotopic (exact) mass is 384 g/mol. The van der Waals surface area contributed by atoms with Crippen molar-refractivity contribution in [2.24, 2.45) is 0 Å². The maximum absolute atomic E-state index is 12.1. The van der Waals surface area contributed by atoms with Crippen LogP contribution in [0, 0.1) is 11.3 Å². The molecule has 0 unspecified atom stereocenters. The maximum Gasteiger partial charge on any atom is 0.350 e. The molecule has 0 saturated heterocycles. The summed E-state index contributed by atoms with van der Waals surface area (Å²) in [5.41, 5.74) is 0.0855. The van der Waals surface area contributed by atoms with Crippen molar-refractivity contribution in [2.75, 3.05) is 18.5 Å². The number of esters is 2. The van der Waals surface area contributed by atoms with Gasteiger partial charge in [0.05, 0.1) is 34.5 Å². The first-order valence-corrected chi connectivity index (χ1v) is 8.40. The van der Waals surface area contributed by atoms with E-state index in [0.29, 0.717) is 18.5 Å². The highest BCUT2D eigenvalue weighted by Gasteiger charge is 2.19. The Hall–Kier alpha value is -2.23. The first-order chi connectivity index (χ1) is 12.0. The molecule has 0 spiro atoms. The van der Waals surface area contributed by atoms with Crippen LogP contribution < -0.4 is 5.32 Å². The van der Waals surface area contributed by atoms with E-state index in [2.05, 4.69) is 5.32 Å². The van der Waals surface area contributed by atoms with E-state index < -0.39 is 11.9 Å². The molecule has 0 amide bonds. The number of anilines is 1. The molecule has 0 bridgehead atoms. The summed E-state index contributed by atoms with van der Waals surface area (Å²) in [6.07, 6.45) is 2.46. The van der Waals surface area contributed by atoms with Crippen LogP contribution in [0.15, 0.2) is 23.9 Å².